The van der Waals surface area contributed by atoms with Gasteiger partial charge in [0.15, 0.2) is 0 Å². The zero-order valence-electron chi connectivity index (χ0n) is 14.4. The van der Waals surface area contributed by atoms with Crippen LogP contribution in [0.1, 0.15) is 32.1 Å². The summed E-state index contributed by atoms with van der Waals surface area (Å²) in [5, 5.41) is 0. The number of hydrogen-bond acceptors (Lipinski definition) is 4. The van der Waals surface area contributed by atoms with Gasteiger partial charge in [-0.15, -0.1) is 0 Å². The molecule has 0 aromatic carbocycles. The van der Waals surface area contributed by atoms with Gasteiger partial charge in [-0.1, -0.05) is 25.3 Å². The van der Waals surface area contributed by atoms with Crippen LogP contribution < -0.4 is 4.90 Å². The molecule has 1 aromatic rings. The third-order valence-electron chi connectivity index (χ3n) is 5.17. The van der Waals surface area contributed by atoms with Gasteiger partial charge in [0.2, 0.25) is 0 Å². The quantitative estimate of drug-likeness (QED) is 0.772. The van der Waals surface area contributed by atoms with Crippen molar-refractivity contribution in [1.82, 2.24) is 14.8 Å². The highest BCUT2D eigenvalue weighted by molar-refractivity contribution is 6.34. The van der Waals surface area contributed by atoms with Crippen molar-refractivity contribution < 1.29 is 9.59 Å². The average Bonchev–Trinajstić information content (AvgIpc) is 2.68. The maximum atomic E-state index is 12.5. The number of carbonyl (C=O) groups excluding carboxylic acids is 2. The van der Waals surface area contributed by atoms with E-state index in [-0.39, 0.29) is 17.9 Å². The van der Waals surface area contributed by atoms with Crippen LogP contribution in [0.2, 0.25) is 0 Å². The van der Waals surface area contributed by atoms with E-state index < -0.39 is 0 Å². The van der Waals surface area contributed by atoms with E-state index in [2.05, 4.69) is 9.88 Å². The maximum absolute atomic E-state index is 12.5. The molecule has 0 radical (unpaired) electrons. The van der Waals surface area contributed by atoms with E-state index >= 15 is 0 Å². The van der Waals surface area contributed by atoms with Gasteiger partial charge in [0.05, 0.1) is 0 Å². The smallest absolute Gasteiger partial charge is 0.312 e. The summed E-state index contributed by atoms with van der Waals surface area (Å²) in [4.78, 5) is 34.9. The number of aromatic nitrogens is 1. The first-order valence-electron chi connectivity index (χ1n) is 8.89. The first-order chi connectivity index (χ1) is 11.7. The molecule has 2 amide bonds. The van der Waals surface area contributed by atoms with Crippen molar-refractivity contribution in [2.45, 2.75) is 38.1 Å². The molecule has 6 heteroatoms. The fourth-order valence-corrected chi connectivity index (χ4v) is 3.60. The zero-order valence-corrected chi connectivity index (χ0v) is 14.4. The van der Waals surface area contributed by atoms with E-state index in [1.807, 2.05) is 18.2 Å². The van der Waals surface area contributed by atoms with Crippen molar-refractivity contribution in [1.29, 1.82) is 0 Å². The second-order valence-corrected chi connectivity index (χ2v) is 6.68. The number of anilines is 1. The van der Waals surface area contributed by atoms with E-state index in [1.54, 1.807) is 23.0 Å². The zero-order chi connectivity index (χ0) is 16.9. The van der Waals surface area contributed by atoms with Crippen LogP contribution in [-0.2, 0) is 9.59 Å². The molecule has 130 valence electrons. The number of piperazine rings is 1. The molecule has 2 heterocycles. The molecule has 1 aliphatic carbocycles. The van der Waals surface area contributed by atoms with Crippen molar-refractivity contribution in [2.75, 3.05) is 38.1 Å². The lowest BCUT2D eigenvalue weighted by Gasteiger charge is -2.37. The fourth-order valence-electron chi connectivity index (χ4n) is 3.60. The minimum absolute atomic E-state index is 0.227. The molecule has 0 bridgehead atoms. The molecule has 3 rings (SSSR count). The number of carbonyl (C=O) groups is 2. The molecule has 24 heavy (non-hydrogen) atoms. The molecule has 0 unspecified atom stereocenters. The van der Waals surface area contributed by atoms with Gasteiger partial charge in [-0.2, -0.15) is 0 Å². The van der Waals surface area contributed by atoms with Gasteiger partial charge < -0.3 is 14.7 Å². The summed E-state index contributed by atoms with van der Waals surface area (Å²) in [6.07, 6.45) is 7.35. The third-order valence-corrected chi connectivity index (χ3v) is 5.17. The molecule has 1 saturated carbocycles. The predicted octanol–water partition coefficient (Wildman–Crippen LogP) is 1.52. The molecule has 1 saturated heterocycles. The van der Waals surface area contributed by atoms with Crippen LogP contribution >= 0.6 is 0 Å². The topological polar surface area (TPSA) is 56.8 Å². The highest BCUT2D eigenvalue weighted by Gasteiger charge is 2.31. The Morgan fingerprint density at radius 2 is 1.79 bits per heavy atom. The number of pyridine rings is 1. The van der Waals surface area contributed by atoms with Crippen LogP contribution in [0.5, 0.6) is 0 Å². The molecule has 0 N–H and O–H groups in total. The van der Waals surface area contributed by atoms with Crippen molar-refractivity contribution in [3.63, 3.8) is 0 Å². The summed E-state index contributed by atoms with van der Waals surface area (Å²) in [5.74, 6) is 0.215. The molecule has 0 spiro atoms. The lowest BCUT2D eigenvalue weighted by molar-refractivity contribution is -0.152. The second kappa shape index (κ2) is 7.64. The summed E-state index contributed by atoms with van der Waals surface area (Å²) >= 11 is 0. The highest BCUT2D eigenvalue weighted by Crippen LogP contribution is 2.22. The predicted molar refractivity (Wildman–Crippen MR) is 92.7 cm³/mol. The van der Waals surface area contributed by atoms with E-state index in [0.29, 0.717) is 26.2 Å². The number of rotatable bonds is 2. The lowest BCUT2D eigenvalue weighted by atomic mass is 9.94. The molecule has 0 atom stereocenters. The normalized spacial score (nSPS) is 19.2. The molecular weight excluding hydrogens is 304 g/mol. The van der Waals surface area contributed by atoms with Crippen LogP contribution in [0.3, 0.4) is 0 Å². The Morgan fingerprint density at radius 3 is 2.42 bits per heavy atom. The molecule has 2 fully saturated rings. The molecular formula is C18H26N4O2. The third kappa shape index (κ3) is 3.68. The van der Waals surface area contributed by atoms with Crippen molar-refractivity contribution in [3.8, 4) is 0 Å². The van der Waals surface area contributed by atoms with Gasteiger partial charge in [-0.3, -0.25) is 9.59 Å². The van der Waals surface area contributed by atoms with Crippen LogP contribution in [0.25, 0.3) is 0 Å². The molecule has 1 aliphatic heterocycles. The van der Waals surface area contributed by atoms with Crippen LogP contribution in [0.4, 0.5) is 5.82 Å². The van der Waals surface area contributed by atoms with E-state index in [9.17, 15) is 9.59 Å². The number of hydrogen-bond donors (Lipinski definition) is 0. The second-order valence-electron chi connectivity index (χ2n) is 6.68. The minimum atomic E-state index is -0.358. The van der Waals surface area contributed by atoms with Crippen LogP contribution in [0.15, 0.2) is 24.4 Å². The summed E-state index contributed by atoms with van der Waals surface area (Å²) in [6, 6.07) is 6.05. The van der Waals surface area contributed by atoms with Gasteiger partial charge >= 0.3 is 11.8 Å². The number of amides is 2. The largest absolute Gasteiger partial charge is 0.353 e. The van der Waals surface area contributed by atoms with Gasteiger partial charge in [0, 0.05) is 45.5 Å². The van der Waals surface area contributed by atoms with Gasteiger partial charge in [-0.25, -0.2) is 4.98 Å². The number of nitrogens with zero attached hydrogens (tertiary/aromatic N) is 4. The Labute approximate surface area is 143 Å². The standard InChI is InChI=1S/C18H26N4O2/c1-20(15-7-3-2-4-8-15)17(23)18(24)22-13-11-21(12-14-22)16-9-5-6-10-19-16/h5-6,9-10,15H,2-4,7-8,11-14H2,1H3. The monoisotopic (exact) mass is 330 g/mol. The van der Waals surface area contributed by atoms with Gasteiger partial charge in [0.1, 0.15) is 5.82 Å². The van der Waals surface area contributed by atoms with E-state index in [0.717, 1.165) is 31.5 Å². The summed E-state index contributed by atoms with van der Waals surface area (Å²) < 4.78 is 0. The minimum Gasteiger partial charge on any atom is -0.353 e. The van der Waals surface area contributed by atoms with Crippen LogP contribution in [-0.4, -0.2) is 65.9 Å². The first kappa shape index (κ1) is 16.7. The summed E-state index contributed by atoms with van der Waals surface area (Å²) in [6.45, 7) is 2.56. The maximum Gasteiger partial charge on any atom is 0.312 e. The lowest BCUT2D eigenvalue weighted by Crippen LogP contribution is -2.54. The number of likely N-dealkylation sites (N-methyl/N-ethyl adjacent to an activating group) is 1. The van der Waals surface area contributed by atoms with Crippen molar-refractivity contribution >= 4 is 17.6 Å². The fraction of sp³-hybridized carbons (Fsp3) is 0.611. The Balaban J connectivity index is 1.53. The van der Waals surface area contributed by atoms with Gasteiger partial charge in [-0.05, 0) is 25.0 Å². The van der Waals surface area contributed by atoms with E-state index in [4.69, 9.17) is 0 Å². The Bertz CT molecular complexity index is 564. The van der Waals surface area contributed by atoms with Crippen LogP contribution in [0, 0.1) is 0 Å². The average molecular weight is 330 g/mol. The Hall–Kier alpha value is -2.11. The summed E-state index contributed by atoms with van der Waals surface area (Å²) in [5.41, 5.74) is 0. The SMILES string of the molecule is CN(C(=O)C(=O)N1CCN(c2ccccn2)CC1)C1CCCCC1. The molecule has 1 aromatic heterocycles. The Kier molecular flexibility index (Phi) is 5.33. The summed E-state index contributed by atoms with van der Waals surface area (Å²) in [7, 11) is 1.78. The molecule has 2 aliphatic rings. The molecule has 6 nitrogen and oxygen atoms in total. The highest BCUT2D eigenvalue weighted by atomic mass is 16.2. The van der Waals surface area contributed by atoms with E-state index in [1.165, 1.54) is 6.42 Å². The first-order valence-corrected chi connectivity index (χ1v) is 8.89. The van der Waals surface area contributed by atoms with Crippen molar-refractivity contribution in [2.24, 2.45) is 0 Å². The van der Waals surface area contributed by atoms with Gasteiger partial charge in [0.25, 0.3) is 0 Å². The van der Waals surface area contributed by atoms with Crippen molar-refractivity contribution in [3.05, 3.63) is 24.4 Å². The Morgan fingerprint density at radius 1 is 1.08 bits per heavy atom.